The van der Waals surface area contributed by atoms with Crippen LogP contribution in [0, 0.1) is 11.3 Å². The van der Waals surface area contributed by atoms with Gasteiger partial charge >= 0.3 is 0 Å². The molecule has 96 valence electrons. The third-order valence-electron chi connectivity index (χ3n) is 3.06. The molecule has 0 saturated carbocycles. The Morgan fingerprint density at radius 2 is 1.95 bits per heavy atom. The van der Waals surface area contributed by atoms with Crippen LogP contribution in [0.1, 0.15) is 24.0 Å². The third-order valence-corrected chi connectivity index (χ3v) is 3.39. The number of hydrogen-bond donors (Lipinski definition) is 1. The normalized spacial score (nSPS) is 11.6. The minimum absolute atomic E-state index is 0.378. The summed E-state index contributed by atoms with van der Waals surface area (Å²) in [5.74, 6) is 0.378. The van der Waals surface area contributed by atoms with Crippen LogP contribution in [0.15, 0.2) is 48.5 Å². The van der Waals surface area contributed by atoms with Gasteiger partial charge < -0.3 is 5.32 Å². The van der Waals surface area contributed by atoms with Crippen LogP contribution in [-0.2, 0) is 0 Å². The van der Waals surface area contributed by atoms with E-state index in [-0.39, 0.29) is 0 Å². The third kappa shape index (κ3) is 3.49. The van der Waals surface area contributed by atoms with Crippen molar-refractivity contribution in [3.63, 3.8) is 0 Å². The lowest BCUT2D eigenvalue weighted by Crippen LogP contribution is -2.10. The molecule has 0 radical (unpaired) electrons. The highest BCUT2D eigenvalue weighted by Gasteiger charge is 2.06. The van der Waals surface area contributed by atoms with Crippen LogP contribution in [0.4, 0.5) is 5.69 Å². The molecule has 0 aliphatic heterocycles. The van der Waals surface area contributed by atoms with Gasteiger partial charge in [0.15, 0.2) is 0 Å². The van der Waals surface area contributed by atoms with E-state index in [2.05, 4.69) is 30.4 Å². The average molecular weight is 271 g/mol. The molecule has 0 spiro atoms. The summed E-state index contributed by atoms with van der Waals surface area (Å²) in [5, 5.41) is 12.8. The first-order valence-corrected chi connectivity index (χ1v) is 6.57. The quantitative estimate of drug-likeness (QED) is 0.892. The van der Waals surface area contributed by atoms with Crippen molar-refractivity contribution in [1.29, 1.82) is 5.26 Å². The molecular formula is C16H15ClN2. The summed E-state index contributed by atoms with van der Waals surface area (Å²) >= 11 is 6.11. The molecule has 2 rings (SSSR count). The van der Waals surface area contributed by atoms with E-state index in [1.165, 1.54) is 5.56 Å². The second-order valence-corrected chi connectivity index (χ2v) is 4.91. The summed E-state index contributed by atoms with van der Waals surface area (Å²) in [6.45, 7) is 2.93. The maximum atomic E-state index is 8.89. The maximum absolute atomic E-state index is 8.89. The van der Waals surface area contributed by atoms with Crippen molar-refractivity contribution in [3.8, 4) is 6.07 Å². The molecule has 2 aromatic rings. The summed E-state index contributed by atoms with van der Waals surface area (Å²) in [5.41, 5.74) is 2.70. The Bertz CT molecular complexity index is 587. The molecule has 2 nitrogen and oxygen atoms in total. The molecule has 0 amide bonds. The second kappa shape index (κ2) is 6.26. The molecule has 19 heavy (non-hydrogen) atoms. The Hall–Kier alpha value is -1.98. The van der Waals surface area contributed by atoms with Crippen LogP contribution in [-0.4, -0.2) is 6.54 Å². The van der Waals surface area contributed by atoms with E-state index in [1.54, 1.807) is 18.2 Å². The van der Waals surface area contributed by atoms with Crippen molar-refractivity contribution < 1.29 is 0 Å². The second-order valence-electron chi connectivity index (χ2n) is 4.50. The first kappa shape index (κ1) is 13.5. The first-order chi connectivity index (χ1) is 9.20. The van der Waals surface area contributed by atoms with Gasteiger partial charge in [0.2, 0.25) is 0 Å². The Labute approximate surface area is 118 Å². The highest BCUT2D eigenvalue weighted by molar-refractivity contribution is 6.33. The van der Waals surface area contributed by atoms with Crippen molar-refractivity contribution in [2.45, 2.75) is 12.8 Å². The predicted octanol–water partition coefficient (Wildman–Crippen LogP) is 4.43. The fourth-order valence-corrected chi connectivity index (χ4v) is 2.08. The molecule has 0 bridgehead atoms. The molecule has 2 aromatic carbocycles. The molecular weight excluding hydrogens is 256 g/mol. The van der Waals surface area contributed by atoms with E-state index in [1.807, 2.05) is 18.2 Å². The van der Waals surface area contributed by atoms with E-state index in [0.717, 1.165) is 12.2 Å². The minimum atomic E-state index is 0.378. The highest BCUT2D eigenvalue weighted by atomic mass is 35.5. The van der Waals surface area contributed by atoms with Gasteiger partial charge in [0, 0.05) is 6.54 Å². The van der Waals surface area contributed by atoms with Crippen LogP contribution < -0.4 is 5.32 Å². The maximum Gasteiger partial charge on any atom is 0.0992 e. The lowest BCUT2D eigenvalue weighted by Gasteiger charge is -2.15. The van der Waals surface area contributed by atoms with Gasteiger partial charge in [-0.2, -0.15) is 5.26 Å². The zero-order valence-corrected chi connectivity index (χ0v) is 11.5. The first-order valence-electron chi connectivity index (χ1n) is 6.19. The number of anilines is 1. The van der Waals surface area contributed by atoms with Crippen molar-refractivity contribution in [3.05, 3.63) is 64.7 Å². The van der Waals surface area contributed by atoms with Gasteiger partial charge in [-0.05, 0) is 29.7 Å². The number of rotatable bonds is 4. The lowest BCUT2D eigenvalue weighted by molar-refractivity contribution is 0.805. The van der Waals surface area contributed by atoms with Gasteiger partial charge in [-0.25, -0.2) is 0 Å². The van der Waals surface area contributed by atoms with Crippen LogP contribution in [0.5, 0.6) is 0 Å². The molecule has 1 atom stereocenters. The van der Waals surface area contributed by atoms with Gasteiger partial charge in [0.25, 0.3) is 0 Å². The van der Waals surface area contributed by atoms with Gasteiger partial charge in [-0.3, -0.25) is 0 Å². The van der Waals surface area contributed by atoms with Crippen LogP contribution in [0.2, 0.25) is 5.02 Å². The number of nitriles is 1. The Balaban J connectivity index is 2.05. The van der Waals surface area contributed by atoms with Crippen LogP contribution in [0.3, 0.4) is 0 Å². The molecule has 0 fully saturated rings. The molecule has 0 aromatic heterocycles. The summed E-state index contributed by atoms with van der Waals surface area (Å²) < 4.78 is 0. The van der Waals surface area contributed by atoms with E-state index in [9.17, 15) is 0 Å². The largest absolute Gasteiger partial charge is 0.383 e. The van der Waals surface area contributed by atoms with E-state index in [0.29, 0.717) is 16.5 Å². The molecule has 0 heterocycles. The van der Waals surface area contributed by atoms with Crippen LogP contribution >= 0.6 is 11.6 Å². The van der Waals surface area contributed by atoms with Crippen molar-refractivity contribution in [2.24, 2.45) is 0 Å². The number of benzene rings is 2. The summed E-state index contributed by atoms with van der Waals surface area (Å²) in [6.07, 6.45) is 0. The highest BCUT2D eigenvalue weighted by Crippen LogP contribution is 2.24. The summed E-state index contributed by atoms with van der Waals surface area (Å²) in [4.78, 5) is 0. The van der Waals surface area contributed by atoms with E-state index >= 15 is 0 Å². The number of halogens is 1. The topological polar surface area (TPSA) is 35.8 Å². The molecule has 0 saturated heterocycles. The van der Waals surface area contributed by atoms with Crippen LogP contribution in [0.25, 0.3) is 0 Å². The van der Waals surface area contributed by atoms with Crippen molar-refractivity contribution in [2.75, 3.05) is 11.9 Å². The molecule has 0 aliphatic rings. The van der Waals surface area contributed by atoms with Gasteiger partial charge in [0.1, 0.15) is 0 Å². The molecule has 1 unspecified atom stereocenters. The summed E-state index contributed by atoms with van der Waals surface area (Å²) in [6, 6.07) is 17.7. The molecule has 1 N–H and O–H groups in total. The Kier molecular flexibility index (Phi) is 4.43. The fourth-order valence-electron chi connectivity index (χ4n) is 1.89. The van der Waals surface area contributed by atoms with Gasteiger partial charge in [-0.1, -0.05) is 48.9 Å². The number of nitrogens with one attached hydrogen (secondary N) is 1. The Morgan fingerprint density at radius 3 is 2.63 bits per heavy atom. The Morgan fingerprint density at radius 1 is 1.21 bits per heavy atom. The molecule has 0 aliphatic carbocycles. The SMILES string of the molecule is CC(CNc1cc(C#N)ccc1Cl)c1ccccc1. The van der Waals surface area contributed by atoms with E-state index < -0.39 is 0 Å². The smallest absolute Gasteiger partial charge is 0.0992 e. The minimum Gasteiger partial charge on any atom is -0.383 e. The van der Waals surface area contributed by atoms with Gasteiger partial charge in [-0.15, -0.1) is 0 Å². The van der Waals surface area contributed by atoms with Gasteiger partial charge in [0.05, 0.1) is 22.3 Å². The lowest BCUT2D eigenvalue weighted by atomic mass is 10.0. The van der Waals surface area contributed by atoms with Crippen molar-refractivity contribution in [1.82, 2.24) is 0 Å². The summed E-state index contributed by atoms with van der Waals surface area (Å²) in [7, 11) is 0. The van der Waals surface area contributed by atoms with E-state index in [4.69, 9.17) is 16.9 Å². The predicted molar refractivity (Wildman–Crippen MR) is 79.5 cm³/mol. The monoisotopic (exact) mass is 270 g/mol. The molecule has 3 heteroatoms. The number of nitrogens with zero attached hydrogens (tertiary/aromatic N) is 1. The fraction of sp³-hybridized carbons (Fsp3) is 0.188. The number of hydrogen-bond acceptors (Lipinski definition) is 2. The standard InChI is InChI=1S/C16H15ClN2/c1-12(14-5-3-2-4-6-14)11-19-16-9-13(10-18)7-8-15(16)17/h2-9,12,19H,11H2,1H3. The van der Waals surface area contributed by atoms with Crippen molar-refractivity contribution >= 4 is 17.3 Å². The zero-order chi connectivity index (χ0) is 13.7. The zero-order valence-electron chi connectivity index (χ0n) is 10.7. The average Bonchev–Trinajstić information content (AvgIpc) is 2.47.